The number of nitrogens with zero attached hydrogens (tertiary/aromatic N) is 4. The third-order valence-electron chi connectivity index (χ3n) is 5.74. The Bertz CT molecular complexity index is 1400. The van der Waals surface area contributed by atoms with Gasteiger partial charge in [0, 0.05) is 19.3 Å². The zero-order chi connectivity index (χ0) is 23.8. The second-order valence-corrected chi connectivity index (χ2v) is 9.39. The van der Waals surface area contributed by atoms with Crippen LogP contribution >= 0.6 is 24.0 Å². The molecule has 1 aromatic carbocycles. The summed E-state index contributed by atoms with van der Waals surface area (Å²) in [6, 6.07) is 11.0. The number of thioether (sulfide) groups is 1. The van der Waals surface area contributed by atoms with E-state index >= 15 is 0 Å². The lowest BCUT2D eigenvalue weighted by molar-refractivity contribution is -0.122. The van der Waals surface area contributed by atoms with Gasteiger partial charge in [0.15, 0.2) is 11.5 Å². The summed E-state index contributed by atoms with van der Waals surface area (Å²) in [5, 5.41) is 0. The Labute approximate surface area is 205 Å². The van der Waals surface area contributed by atoms with Gasteiger partial charge in [0.1, 0.15) is 15.8 Å². The van der Waals surface area contributed by atoms with Gasteiger partial charge in [-0.3, -0.25) is 18.9 Å². The Balaban J connectivity index is 1.52. The van der Waals surface area contributed by atoms with Gasteiger partial charge in [0.25, 0.3) is 11.5 Å². The van der Waals surface area contributed by atoms with E-state index in [9.17, 15) is 9.59 Å². The summed E-state index contributed by atoms with van der Waals surface area (Å²) in [4.78, 5) is 35.4. The van der Waals surface area contributed by atoms with Crippen LogP contribution in [0.1, 0.15) is 25.0 Å². The van der Waals surface area contributed by atoms with Crippen molar-refractivity contribution in [1.29, 1.82) is 0 Å². The maximum atomic E-state index is 13.4. The van der Waals surface area contributed by atoms with Gasteiger partial charge in [-0.2, -0.15) is 0 Å². The summed E-state index contributed by atoms with van der Waals surface area (Å²) < 4.78 is 12.7. The summed E-state index contributed by atoms with van der Waals surface area (Å²) in [6.45, 7) is 5.86. The van der Waals surface area contributed by atoms with E-state index in [1.54, 1.807) is 24.4 Å². The molecule has 10 heteroatoms. The molecule has 0 bridgehead atoms. The molecule has 4 heterocycles. The van der Waals surface area contributed by atoms with Gasteiger partial charge in [0.2, 0.25) is 6.79 Å². The molecule has 3 aromatic rings. The number of thiocarbonyl (C=S) groups is 1. The Morgan fingerprint density at radius 2 is 1.94 bits per heavy atom. The van der Waals surface area contributed by atoms with Crippen LogP contribution < -0.4 is 19.9 Å². The molecule has 0 N–H and O–H groups in total. The Kier molecular flexibility index (Phi) is 6.01. The predicted octanol–water partition coefficient (Wildman–Crippen LogP) is 3.67. The molecule has 8 nitrogen and oxygen atoms in total. The van der Waals surface area contributed by atoms with Crippen molar-refractivity contribution in [1.82, 2.24) is 14.3 Å². The molecule has 5 rings (SSSR count). The molecular formula is C24H22N4O4S2. The Morgan fingerprint density at radius 3 is 2.74 bits per heavy atom. The molecular weight excluding hydrogens is 472 g/mol. The van der Waals surface area contributed by atoms with Crippen LogP contribution in [0, 0.1) is 0 Å². The molecule has 0 saturated carbocycles. The molecule has 34 heavy (non-hydrogen) atoms. The third kappa shape index (κ3) is 3.92. The molecule has 2 aliphatic heterocycles. The number of rotatable bonds is 6. The molecule has 174 valence electrons. The number of fused-ring (bicyclic) bond motifs is 2. The highest BCUT2D eigenvalue weighted by atomic mass is 32.2. The number of carbonyl (C=O) groups is 1. The second kappa shape index (κ2) is 9.11. The minimum atomic E-state index is -0.240. The van der Waals surface area contributed by atoms with Crippen LogP contribution in [0.15, 0.2) is 52.3 Å². The van der Waals surface area contributed by atoms with Gasteiger partial charge < -0.3 is 14.4 Å². The summed E-state index contributed by atoms with van der Waals surface area (Å²) in [5.74, 6) is 1.65. The smallest absolute Gasteiger partial charge is 0.267 e. The highest BCUT2D eigenvalue weighted by Crippen LogP contribution is 2.37. The topological polar surface area (TPSA) is 76.4 Å². The van der Waals surface area contributed by atoms with Gasteiger partial charge in [-0.05, 0) is 49.8 Å². The maximum absolute atomic E-state index is 13.4. The first kappa shape index (κ1) is 22.4. The second-order valence-electron chi connectivity index (χ2n) is 7.71. The van der Waals surface area contributed by atoms with E-state index in [-0.39, 0.29) is 18.3 Å². The minimum absolute atomic E-state index is 0.187. The van der Waals surface area contributed by atoms with Crippen molar-refractivity contribution >= 4 is 51.7 Å². The first-order valence-electron chi connectivity index (χ1n) is 10.9. The number of hydrogen-bond acceptors (Lipinski definition) is 8. The fraction of sp³-hybridized carbons (Fsp3) is 0.250. The molecule has 2 aromatic heterocycles. The number of carbonyl (C=O) groups excluding carboxylic acids is 1. The normalized spacial score (nSPS) is 16.2. The van der Waals surface area contributed by atoms with E-state index in [1.807, 2.05) is 43.0 Å². The lowest BCUT2D eigenvalue weighted by Crippen LogP contribution is -2.29. The Hall–Kier alpha value is -3.37. The average Bonchev–Trinajstić information content (AvgIpc) is 3.41. The first-order chi connectivity index (χ1) is 16.5. The van der Waals surface area contributed by atoms with Crippen molar-refractivity contribution in [3.05, 3.63) is 69.0 Å². The molecule has 1 fully saturated rings. The van der Waals surface area contributed by atoms with Gasteiger partial charge in [-0.25, -0.2) is 4.98 Å². The molecule has 0 unspecified atom stereocenters. The summed E-state index contributed by atoms with van der Waals surface area (Å²) in [7, 11) is 0. The lowest BCUT2D eigenvalue weighted by atomic mass is 10.2. The van der Waals surface area contributed by atoms with Crippen LogP contribution in [0.3, 0.4) is 0 Å². The van der Waals surface area contributed by atoms with Crippen LogP contribution in [0.5, 0.6) is 11.5 Å². The van der Waals surface area contributed by atoms with Crippen molar-refractivity contribution in [3.63, 3.8) is 0 Å². The third-order valence-corrected chi connectivity index (χ3v) is 7.12. The zero-order valence-electron chi connectivity index (χ0n) is 18.7. The number of ether oxygens (including phenoxy) is 2. The van der Waals surface area contributed by atoms with Crippen LogP contribution in [-0.4, -0.2) is 44.4 Å². The van der Waals surface area contributed by atoms with Gasteiger partial charge >= 0.3 is 0 Å². The molecule has 0 aliphatic carbocycles. The molecule has 0 spiro atoms. The molecule has 2 aliphatic rings. The van der Waals surface area contributed by atoms with Crippen LogP contribution in [0.2, 0.25) is 0 Å². The number of pyridine rings is 1. The quantitative estimate of drug-likeness (QED) is 0.380. The summed E-state index contributed by atoms with van der Waals surface area (Å²) >= 11 is 6.70. The molecule has 0 radical (unpaired) electrons. The number of hydrogen-bond donors (Lipinski definition) is 0. The maximum Gasteiger partial charge on any atom is 0.267 e. The summed E-state index contributed by atoms with van der Waals surface area (Å²) in [5.41, 5.74) is 1.57. The first-order valence-corrected chi connectivity index (χ1v) is 12.1. The van der Waals surface area contributed by atoms with Crippen molar-refractivity contribution in [3.8, 4) is 11.5 Å². The molecule has 1 amide bonds. The monoisotopic (exact) mass is 494 g/mol. The number of aromatic nitrogens is 2. The highest BCUT2D eigenvalue weighted by molar-refractivity contribution is 8.26. The zero-order valence-corrected chi connectivity index (χ0v) is 20.3. The van der Waals surface area contributed by atoms with Crippen molar-refractivity contribution in [2.75, 3.05) is 24.8 Å². The van der Waals surface area contributed by atoms with E-state index in [4.69, 9.17) is 26.7 Å². The molecule has 0 atom stereocenters. The molecule has 1 saturated heterocycles. The van der Waals surface area contributed by atoms with Crippen molar-refractivity contribution in [2.24, 2.45) is 0 Å². The van der Waals surface area contributed by atoms with Gasteiger partial charge in [0.05, 0.1) is 17.0 Å². The number of anilines is 1. The van der Waals surface area contributed by atoms with Crippen LogP contribution in [0.4, 0.5) is 5.82 Å². The van der Waals surface area contributed by atoms with E-state index < -0.39 is 0 Å². The SMILES string of the molecule is CCN(CC)c1nc2ccccn2c(=O)c1/C=C1\SC(=S)N(Cc2ccc3c(c2)OCO3)C1=O. The van der Waals surface area contributed by atoms with E-state index in [0.29, 0.717) is 57.4 Å². The number of amides is 1. The van der Waals surface area contributed by atoms with Gasteiger partial charge in [-0.15, -0.1) is 0 Å². The van der Waals surface area contributed by atoms with Crippen LogP contribution in [-0.2, 0) is 11.3 Å². The summed E-state index contributed by atoms with van der Waals surface area (Å²) in [6.07, 6.45) is 3.31. The van der Waals surface area contributed by atoms with E-state index in [1.165, 1.54) is 21.1 Å². The Morgan fingerprint density at radius 1 is 1.15 bits per heavy atom. The standard InChI is InChI=1S/C24H22N4O4S2/c1-3-26(4-2)21-16(22(29)27-10-6-5-7-20(27)25-21)12-19-23(30)28(24(33)34-19)13-15-8-9-17-18(11-15)32-14-31-17/h5-12H,3-4,13-14H2,1-2H3/b19-12-. The minimum Gasteiger partial charge on any atom is -0.454 e. The van der Waals surface area contributed by atoms with E-state index in [0.717, 1.165) is 5.56 Å². The fourth-order valence-electron chi connectivity index (χ4n) is 3.97. The van der Waals surface area contributed by atoms with E-state index in [2.05, 4.69) is 0 Å². The highest BCUT2D eigenvalue weighted by Gasteiger charge is 2.33. The number of benzene rings is 1. The van der Waals surface area contributed by atoms with Crippen molar-refractivity contribution < 1.29 is 14.3 Å². The van der Waals surface area contributed by atoms with Crippen molar-refractivity contribution in [2.45, 2.75) is 20.4 Å². The predicted molar refractivity (Wildman–Crippen MR) is 136 cm³/mol. The lowest BCUT2D eigenvalue weighted by Gasteiger charge is -2.22. The average molecular weight is 495 g/mol. The van der Waals surface area contributed by atoms with Crippen LogP contribution in [0.25, 0.3) is 11.7 Å². The fourth-order valence-corrected chi connectivity index (χ4v) is 5.21. The largest absolute Gasteiger partial charge is 0.454 e. The van der Waals surface area contributed by atoms with Gasteiger partial charge in [-0.1, -0.05) is 36.1 Å².